The zero-order valence-electron chi connectivity index (χ0n) is 13.9. The van der Waals surface area contributed by atoms with Crippen LogP contribution in [0.4, 0.5) is 11.4 Å². The summed E-state index contributed by atoms with van der Waals surface area (Å²) in [4.78, 5) is 19.4. The van der Waals surface area contributed by atoms with Gasteiger partial charge in [0.05, 0.1) is 20.8 Å². The van der Waals surface area contributed by atoms with Gasteiger partial charge >= 0.3 is 0 Å². The van der Waals surface area contributed by atoms with Gasteiger partial charge in [-0.1, -0.05) is 0 Å². The number of rotatable bonds is 4. The van der Waals surface area contributed by atoms with Crippen molar-refractivity contribution in [3.05, 3.63) is 70.9 Å². The number of nitrogens with zero attached hydrogens (tertiary/aromatic N) is 4. The van der Waals surface area contributed by atoms with Gasteiger partial charge in [-0.25, -0.2) is 0 Å². The van der Waals surface area contributed by atoms with Crippen molar-refractivity contribution in [2.24, 2.45) is 9.98 Å². The van der Waals surface area contributed by atoms with E-state index >= 15 is 0 Å². The number of hydrogen-bond acceptors (Lipinski definition) is 7. The molecule has 0 N–H and O–H groups in total. The van der Waals surface area contributed by atoms with Crippen LogP contribution in [0.25, 0.3) is 18.8 Å². The quantitative estimate of drug-likeness (QED) is 0.322. The molecule has 5 rings (SSSR count). The number of aromatic nitrogens is 2. The van der Waals surface area contributed by atoms with Crippen LogP contribution >= 0.6 is 34.0 Å². The van der Waals surface area contributed by atoms with Gasteiger partial charge in [0.25, 0.3) is 0 Å². The standard InChI is InChI=1S/C20H12N4S3/c1-5-21-6-2-13(1)23-11-15-9-17-19(25-15)20-18(27-17)10-16(26-20)12-24-14-3-7-22-8-4-14/h1-12H. The molecule has 0 saturated carbocycles. The zero-order chi connectivity index (χ0) is 18.1. The van der Waals surface area contributed by atoms with Crippen molar-refractivity contribution in [3.8, 4) is 0 Å². The van der Waals surface area contributed by atoms with Crippen molar-refractivity contribution >= 4 is 76.6 Å². The molecule has 0 aromatic carbocycles. The van der Waals surface area contributed by atoms with Crippen molar-refractivity contribution in [3.63, 3.8) is 0 Å². The van der Waals surface area contributed by atoms with Gasteiger partial charge in [-0.2, -0.15) is 0 Å². The highest BCUT2D eigenvalue weighted by Gasteiger charge is 2.12. The molecule has 130 valence electrons. The second-order valence-electron chi connectivity index (χ2n) is 5.71. The summed E-state index contributed by atoms with van der Waals surface area (Å²) in [6.07, 6.45) is 10.9. The summed E-state index contributed by atoms with van der Waals surface area (Å²) in [5, 5.41) is 0. The summed E-state index contributed by atoms with van der Waals surface area (Å²) in [6, 6.07) is 12.0. The zero-order valence-corrected chi connectivity index (χ0v) is 16.4. The van der Waals surface area contributed by atoms with Crippen LogP contribution in [0, 0.1) is 0 Å². The third kappa shape index (κ3) is 3.44. The monoisotopic (exact) mass is 404 g/mol. The predicted octanol–water partition coefficient (Wildman–Crippen LogP) is 6.47. The van der Waals surface area contributed by atoms with Gasteiger partial charge in [-0.05, 0) is 36.4 Å². The lowest BCUT2D eigenvalue weighted by molar-refractivity contribution is 1.32. The molecular weight excluding hydrogens is 392 g/mol. The average Bonchev–Trinajstić information content (AvgIpc) is 3.37. The molecule has 0 spiro atoms. The highest BCUT2D eigenvalue weighted by atomic mass is 32.1. The van der Waals surface area contributed by atoms with E-state index in [0.717, 1.165) is 21.1 Å². The first-order valence-electron chi connectivity index (χ1n) is 8.19. The van der Waals surface area contributed by atoms with Crippen LogP contribution < -0.4 is 0 Å². The van der Waals surface area contributed by atoms with Gasteiger partial charge in [0.15, 0.2) is 0 Å². The number of aliphatic imine (C=N–C) groups is 2. The second-order valence-corrected chi connectivity index (χ2v) is 8.96. The summed E-state index contributed by atoms with van der Waals surface area (Å²) in [6.45, 7) is 0. The van der Waals surface area contributed by atoms with Crippen LogP contribution in [-0.4, -0.2) is 22.4 Å². The lowest BCUT2D eigenvalue weighted by atomic mass is 10.4. The van der Waals surface area contributed by atoms with Crippen LogP contribution in [0.1, 0.15) is 9.75 Å². The van der Waals surface area contributed by atoms with E-state index in [0.29, 0.717) is 0 Å². The molecule has 0 aliphatic heterocycles. The minimum atomic E-state index is 0.914. The van der Waals surface area contributed by atoms with Crippen molar-refractivity contribution in [1.29, 1.82) is 0 Å². The molecular formula is C20H12N4S3. The van der Waals surface area contributed by atoms with Crippen LogP contribution in [0.3, 0.4) is 0 Å². The van der Waals surface area contributed by atoms with E-state index in [-0.39, 0.29) is 0 Å². The normalized spacial score (nSPS) is 12.1. The van der Waals surface area contributed by atoms with E-state index in [1.807, 2.05) is 48.0 Å². The van der Waals surface area contributed by atoms with E-state index in [9.17, 15) is 0 Å². The maximum atomic E-state index is 4.53. The number of fused-ring (bicyclic) bond motifs is 3. The Hall–Kier alpha value is -2.74. The summed E-state index contributed by atoms with van der Waals surface area (Å²) < 4.78 is 5.30. The molecule has 0 bridgehead atoms. The van der Waals surface area contributed by atoms with E-state index in [1.54, 1.807) is 47.5 Å². The summed E-state index contributed by atoms with van der Waals surface area (Å²) in [5.41, 5.74) is 1.83. The van der Waals surface area contributed by atoms with Gasteiger partial charge in [-0.3, -0.25) is 20.0 Å². The SMILES string of the molecule is C(=Nc1ccncc1)c1cc2sc3cc(C=Nc4ccncc4)sc3c2s1. The molecule has 0 radical (unpaired) electrons. The lowest BCUT2D eigenvalue weighted by Crippen LogP contribution is -1.72. The van der Waals surface area contributed by atoms with Crippen LogP contribution in [0.2, 0.25) is 0 Å². The Morgan fingerprint density at radius 3 is 1.52 bits per heavy atom. The smallest absolute Gasteiger partial charge is 0.0660 e. The Morgan fingerprint density at radius 2 is 1.07 bits per heavy atom. The fourth-order valence-electron chi connectivity index (χ4n) is 2.64. The highest BCUT2D eigenvalue weighted by Crippen LogP contribution is 2.43. The molecule has 27 heavy (non-hydrogen) atoms. The van der Waals surface area contributed by atoms with Gasteiger partial charge < -0.3 is 0 Å². The Kier molecular flexibility index (Phi) is 4.33. The average molecular weight is 405 g/mol. The molecule has 0 saturated heterocycles. The van der Waals surface area contributed by atoms with Crippen molar-refractivity contribution in [2.45, 2.75) is 0 Å². The lowest BCUT2D eigenvalue weighted by Gasteiger charge is -1.89. The summed E-state index contributed by atoms with van der Waals surface area (Å²) in [5.74, 6) is 0. The Balaban J connectivity index is 1.44. The number of hydrogen-bond donors (Lipinski definition) is 0. The first kappa shape index (κ1) is 16.4. The summed E-state index contributed by atoms with van der Waals surface area (Å²) >= 11 is 5.39. The van der Waals surface area contributed by atoms with Crippen molar-refractivity contribution < 1.29 is 0 Å². The highest BCUT2D eigenvalue weighted by molar-refractivity contribution is 7.39. The molecule has 0 aliphatic rings. The number of thiophene rings is 3. The molecule has 0 atom stereocenters. The fourth-order valence-corrected chi connectivity index (χ4v) is 6.42. The predicted molar refractivity (Wildman–Crippen MR) is 118 cm³/mol. The third-order valence-electron chi connectivity index (χ3n) is 3.87. The Bertz CT molecular complexity index is 1170. The molecule has 5 heterocycles. The maximum Gasteiger partial charge on any atom is 0.0660 e. The van der Waals surface area contributed by atoms with Crippen LogP contribution in [0.5, 0.6) is 0 Å². The van der Waals surface area contributed by atoms with Gasteiger partial charge in [0.2, 0.25) is 0 Å². The molecule has 7 heteroatoms. The minimum absolute atomic E-state index is 0.914. The van der Waals surface area contributed by atoms with E-state index < -0.39 is 0 Å². The van der Waals surface area contributed by atoms with Gasteiger partial charge in [0, 0.05) is 56.4 Å². The van der Waals surface area contributed by atoms with Crippen LogP contribution in [-0.2, 0) is 0 Å². The molecule has 0 aliphatic carbocycles. The van der Waals surface area contributed by atoms with Gasteiger partial charge in [0.1, 0.15) is 0 Å². The van der Waals surface area contributed by atoms with Crippen molar-refractivity contribution in [2.75, 3.05) is 0 Å². The minimum Gasteiger partial charge on any atom is -0.265 e. The molecule has 4 nitrogen and oxygen atoms in total. The Labute approximate surface area is 167 Å². The van der Waals surface area contributed by atoms with Crippen LogP contribution in [0.15, 0.2) is 71.2 Å². The third-order valence-corrected chi connectivity index (χ3v) is 7.51. The van der Waals surface area contributed by atoms with E-state index in [4.69, 9.17) is 0 Å². The topological polar surface area (TPSA) is 50.5 Å². The summed E-state index contributed by atoms with van der Waals surface area (Å²) in [7, 11) is 0. The molecule has 5 aromatic heterocycles. The first-order chi connectivity index (χ1) is 13.3. The largest absolute Gasteiger partial charge is 0.265 e. The molecule has 0 fully saturated rings. The molecule has 0 amide bonds. The maximum absolute atomic E-state index is 4.53. The fraction of sp³-hybridized carbons (Fsp3) is 0. The van der Waals surface area contributed by atoms with Gasteiger partial charge in [-0.15, -0.1) is 34.0 Å². The number of pyridine rings is 2. The first-order valence-corrected chi connectivity index (χ1v) is 10.6. The Morgan fingerprint density at radius 1 is 0.630 bits per heavy atom. The van der Waals surface area contributed by atoms with E-state index in [1.165, 1.54) is 18.8 Å². The second kappa shape index (κ2) is 7.11. The van der Waals surface area contributed by atoms with E-state index in [2.05, 4.69) is 32.1 Å². The molecule has 5 aromatic rings. The molecule has 0 unspecified atom stereocenters. The van der Waals surface area contributed by atoms with Crippen molar-refractivity contribution in [1.82, 2.24) is 9.97 Å².